The molecule has 1 N–H and O–H groups in total. The number of carbonyl (C=O) groups excluding carboxylic acids is 2. The Balaban J connectivity index is 1.69. The van der Waals surface area contributed by atoms with Gasteiger partial charge in [0.05, 0.1) is 6.61 Å². The van der Waals surface area contributed by atoms with Gasteiger partial charge in [-0.15, -0.1) is 0 Å². The molecule has 1 unspecified atom stereocenters. The Kier molecular flexibility index (Phi) is 5.04. The molecule has 1 aliphatic rings. The van der Waals surface area contributed by atoms with Crippen LogP contribution in [0.5, 0.6) is 5.75 Å². The van der Waals surface area contributed by atoms with Gasteiger partial charge in [0.25, 0.3) is 5.91 Å². The third-order valence-corrected chi connectivity index (χ3v) is 4.98. The molecule has 5 heteroatoms. The van der Waals surface area contributed by atoms with Crippen LogP contribution in [0.4, 0.5) is 11.4 Å². The summed E-state index contributed by atoms with van der Waals surface area (Å²) < 4.78 is 5.52. The molecule has 0 fully saturated rings. The van der Waals surface area contributed by atoms with E-state index in [1.807, 2.05) is 67.6 Å². The molecule has 0 bridgehead atoms. The van der Waals surface area contributed by atoms with Gasteiger partial charge in [0, 0.05) is 28.1 Å². The molecule has 3 aromatic carbocycles. The second kappa shape index (κ2) is 7.80. The van der Waals surface area contributed by atoms with Gasteiger partial charge in [-0.05, 0) is 68.4 Å². The van der Waals surface area contributed by atoms with Gasteiger partial charge in [-0.1, -0.05) is 18.2 Å². The first-order valence-corrected chi connectivity index (χ1v) is 9.61. The molecule has 1 heterocycles. The lowest BCUT2D eigenvalue weighted by molar-refractivity contribution is 0.0990. The van der Waals surface area contributed by atoms with Gasteiger partial charge < -0.3 is 10.1 Å². The molecule has 0 aliphatic carbocycles. The maximum absolute atomic E-state index is 13.2. The lowest BCUT2D eigenvalue weighted by Crippen LogP contribution is -2.32. The van der Waals surface area contributed by atoms with Gasteiger partial charge in [-0.3, -0.25) is 14.5 Å². The highest BCUT2D eigenvalue weighted by Gasteiger charge is 2.37. The van der Waals surface area contributed by atoms with Crippen LogP contribution in [-0.4, -0.2) is 18.3 Å². The molecule has 29 heavy (non-hydrogen) atoms. The zero-order valence-corrected chi connectivity index (χ0v) is 16.4. The highest BCUT2D eigenvalue weighted by molar-refractivity contribution is 6.11. The van der Waals surface area contributed by atoms with E-state index in [0.717, 1.165) is 22.7 Å². The maximum Gasteiger partial charge on any atom is 0.260 e. The molecule has 4 rings (SSSR count). The second-order valence-electron chi connectivity index (χ2n) is 6.87. The summed E-state index contributed by atoms with van der Waals surface area (Å²) in [5.74, 6) is 0.737. The number of nitrogens with zero attached hydrogens (tertiary/aromatic N) is 1. The zero-order chi connectivity index (χ0) is 20.4. The van der Waals surface area contributed by atoms with Crippen LogP contribution in [-0.2, 0) is 0 Å². The normalized spacial score (nSPS) is 15.2. The molecule has 5 nitrogen and oxygen atoms in total. The summed E-state index contributed by atoms with van der Waals surface area (Å²) in [7, 11) is 0. The number of rotatable bonds is 6. The van der Waals surface area contributed by atoms with Crippen LogP contribution in [0.25, 0.3) is 0 Å². The Morgan fingerprint density at radius 1 is 1.00 bits per heavy atom. The van der Waals surface area contributed by atoms with E-state index < -0.39 is 0 Å². The highest BCUT2D eigenvalue weighted by Crippen LogP contribution is 2.38. The van der Waals surface area contributed by atoms with Crippen LogP contribution in [0.15, 0.2) is 72.8 Å². The molecule has 3 aromatic rings. The average molecular weight is 386 g/mol. The molecule has 0 saturated heterocycles. The molecule has 146 valence electrons. The Morgan fingerprint density at radius 3 is 2.34 bits per heavy atom. The van der Waals surface area contributed by atoms with Crippen molar-refractivity contribution in [3.05, 3.63) is 89.5 Å². The molecule has 0 spiro atoms. The van der Waals surface area contributed by atoms with Crippen LogP contribution in [0.3, 0.4) is 0 Å². The number of ketones is 1. The number of benzene rings is 3. The van der Waals surface area contributed by atoms with Crippen molar-refractivity contribution in [1.29, 1.82) is 0 Å². The molecule has 0 aromatic heterocycles. The first-order chi connectivity index (χ1) is 14.1. The molecule has 0 radical (unpaired) electrons. The molecule has 0 saturated carbocycles. The van der Waals surface area contributed by atoms with Crippen molar-refractivity contribution >= 4 is 23.1 Å². The largest absolute Gasteiger partial charge is 0.494 e. The molecular weight excluding hydrogens is 364 g/mol. The quantitative estimate of drug-likeness (QED) is 0.602. The number of fused-ring (bicyclic) bond motifs is 1. The lowest BCUT2D eigenvalue weighted by atomic mass is 10.1. The first-order valence-electron chi connectivity index (χ1n) is 9.61. The van der Waals surface area contributed by atoms with E-state index in [1.54, 1.807) is 24.0 Å². The Hall–Kier alpha value is -3.60. The molecule has 1 atom stereocenters. The van der Waals surface area contributed by atoms with Crippen molar-refractivity contribution in [3.63, 3.8) is 0 Å². The molecule has 1 amide bonds. The Morgan fingerprint density at radius 2 is 1.69 bits per heavy atom. The number of ether oxygens (including phenoxy) is 1. The van der Waals surface area contributed by atoms with Gasteiger partial charge in [-0.2, -0.15) is 0 Å². The number of hydrogen-bond donors (Lipinski definition) is 1. The van der Waals surface area contributed by atoms with Crippen molar-refractivity contribution in [2.24, 2.45) is 0 Å². The van der Waals surface area contributed by atoms with Crippen LogP contribution in [0.2, 0.25) is 0 Å². The maximum atomic E-state index is 13.2. The summed E-state index contributed by atoms with van der Waals surface area (Å²) >= 11 is 0. The summed E-state index contributed by atoms with van der Waals surface area (Å²) in [6.07, 6.45) is -0.347. The standard InChI is InChI=1S/C24H22N2O3/c1-3-29-20-14-12-19(13-15-20)26-23(21-6-4-5-7-22(21)24(26)28)25-18-10-8-17(9-11-18)16(2)27/h4-15,23,25H,3H2,1-2H3. The third kappa shape index (κ3) is 3.59. The number of Topliss-reactive ketones (excluding diaryl/α,β-unsaturated/α-hetero) is 1. The smallest absolute Gasteiger partial charge is 0.260 e. The second-order valence-corrected chi connectivity index (χ2v) is 6.87. The van der Waals surface area contributed by atoms with Gasteiger partial charge in [0.2, 0.25) is 0 Å². The number of anilines is 2. The minimum atomic E-state index is -0.347. The summed E-state index contributed by atoms with van der Waals surface area (Å²) in [6, 6.07) is 22.4. The van der Waals surface area contributed by atoms with Crippen molar-refractivity contribution in [2.45, 2.75) is 20.0 Å². The number of carbonyl (C=O) groups is 2. The van der Waals surface area contributed by atoms with Crippen LogP contribution in [0.1, 0.15) is 46.3 Å². The van der Waals surface area contributed by atoms with E-state index in [9.17, 15) is 9.59 Å². The Bertz CT molecular complexity index is 1040. The van der Waals surface area contributed by atoms with E-state index in [-0.39, 0.29) is 17.9 Å². The predicted molar refractivity (Wildman–Crippen MR) is 114 cm³/mol. The fourth-order valence-electron chi connectivity index (χ4n) is 3.55. The summed E-state index contributed by atoms with van der Waals surface area (Å²) in [4.78, 5) is 26.4. The number of nitrogens with one attached hydrogen (secondary N) is 1. The van der Waals surface area contributed by atoms with Crippen LogP contribution in [0, 0.1) is 0 Å². The fraction of sp³-hybridized carbons (Fsp3) is 0.167. The highest BCUT2D eigenvalue weighted by atomic mass is 16.5. The Labute approximate surface area is 169 Å². The minimum absolute atomic E-state index is 0.0222. The first kappa shape index (κ1) is 18.7. The fourth-order valence-corrected chi connectivity index (χ4v) is 3.55. The van der Waals surface area contributed by atoms with Gasteiger partial charge in [0.15, 0.2) is 5.78 Å². The van der Waals surface area contributed by atoms with Crippen molar-refractivity contribution < 1.29 is 14.3 Å². The van der Waals surface area contributed by atoms with E-state index in [0.29, 0.717) is 17.7 Å². The summed E-state index contributed by atoms with van der Waals surface area (Å²) in [5.41, 5.74) is 3.87. The van der Waals surface area contributed by atoms with Gasteiger partial charge >= 0.3 is 0 Å². The monoisotopic (exact) mass is 386 g/mol. The van der Waals surface area contributed by atoms with Crippen molar-refractivity contribution in [2.75, 3.05) is 16.8 Å². The topological polar surface area (TPSA) is 58.6 Å². The minimum Gasteiger partial charge on any atom is -0.494 e. The van der Waals surface area contributed by atoms with Gasteiger partial charge in [-0.25, -0.2) is 0 Å². The van der Waals surface area contributed by atoms with Crippen molar-refractivity contribution in [1.82, 2.24) is 0 Å². The predicted octanol–water partition coefficient (Wildman–Crippen LogP) is 5.06. The van der Waals surface area contributed by atoms with Crippen LogP contribution < -0.4 is 15.0 Å². The number of amides is 1. The van der Waals surface area contributed by atoms with E-state index in [2.05, 4.69) is 5.32 Å². The summed E-state index contributed by atoms with van der Waals surface area (Å²) in [6.45, 7) is 4.07. The zero-order valence-electron chi connectivity index (χ0n) is 16.4. The summed E-state index contributed by atoms with van der Waals surface area (Å²) in [5, 5.41) is 3.44. The van der Waals surface area contributed by atoms with Gasteiger partial charge in [0.1, 0.15) is 11.9 Å². The van der Waals surface area contributed by atoms with Crippen molar-refractivity contribution in [3.8, 4) is 5.75 Å². The number of hydrogen-bond acceptors (Lipinski definition) is 4. The van der Waals surface area contributed by atoms with Crippen LogP contribution >= 0.6 is 0 Å². The average Bonchev–Trinajstić information content (AvgIpc) is 3.01. The third-order valence-electron chi connectivity index (χ3n) is 4.98. The lowest BCUT2D eigenvalue weighted by Gasteiger charge is -2.27. The van der Waals surface area contributed by atoms with E-state index in [4.69, 9.17) is 4.74 Å². The molecular formula is C24H22N2O3. The molecule has 1 aliphatic heterocycles. The van der Waals surface area contributed by atoms with E-state index >= 15 is 0 Å². The van der Waals surface area contributed by atoms with E-state index in [1.165, 1.54) is 0 Å². The SMILES string of the molecule is CCOc1ccc(N2C(=O)c3ccccc3C2Nc2ccc(C(C)=O)cc2)cc1.